The number of carbonyl (C=O) groups is 3. The SMILES string of the molecule is CC[C@H]1C(=O)C2C3CC[C@H]([C@H](C)CCC(=O)OC)C3[C@H](C)CC2[C@@]2(C)CC[C@@H](OC(C)=O)C[C@@H]12. The molecule has 0 aromatic carbocycles. The molecular formula is C29H46O5. The maximum atomic E-state index is 14.1. The molecule has 192 valence electrons. The van der Waals surface area contributed by atoms with Crippen LogP contribution in [0.2, 0.25) is 0 Å². The number of ether oxygens (including phenoxy) is 2. The molecule has 0 amide bonds. The van der Waals surface area contributed by atoms with E-state index in [0.717, 1.165) is 44.9 Å². The van der Waals surface area contributed by atoms with E-state index in [1.165, 1.54) is 20.5 Å². The van der Waals surface area contributed by atoms with Gasteiger partial charge in [-0.2, -0.15) is 0 Å². The van der Waals surface area contributed by atoms with Crippen molar-refractivity contribution < 1.29 is 23.9 Å². The summed E-state index contributed by atoms with van der Waals surface area (Å²) in [4.78, 5) is 37.5. The Morgan fingerprint density at radius 3 is 2.53 bits per heavy atom. The summed E-state index contributed by atoms with van der Waals surface area (Å²) in [5, 5.41) is 0. The van der Waals surface area contributed by atoms with Gasteiger partial charge in [0.2, 0.25) is 0 Å². The second-order valence-corrected chi connectivity index (χ2v) is 12.5. The molecule has 0 N–H and O–H groups in total. The highest BCUT2D eigenvalue weighted by Gasteiger charge is 2.63. The Labute approximate surface area is 206 Å². The summed E-state index contributed by atoms with van der Waals surface area (Å²) in [6.45, 7) is 10.9. The fourth-order valence-corrected chi connectivity index (χ4v) is 9.45. The molecule has 0 aromatic heterocycles. The van der Waals surface area contributed by atoms with E-state index in [1.54, 1.807) is 0 Å². The van der Waals surface area contributed by atoms with E-state index in [-0.39, 0.29) is 35.3 Å². The minimum atomic E-state index is -0.200. The molecule has 4 aliphatic rings. The van der Waals surface area contributed by atoms with Crippen LogP contribution in [0.3, 0.4) is 0 Å². The van der Waals surface area contributed by atoms with Crippen molar-refractivity contribution >= 4 is 17.7 Å². The number of fused-ring (bicyclic) bond motifs is 5. The summed E-state index contributed by atoms with van der Waals surface area (Å²) in [6.07, 6.45) is 8.54. The molecule has 0 saturated heterocycles. The minimum absolute atomic E-state index is 0.0331. The first-order valence-corrected chi connectivity index (χ1v) is 13.9. The van der Waals surface area contributed by atoms with Crippen LogP contribution in [0.4, 0.5) is 0 Å². The van der Waals surface area contributed by atoms with E-state index in [9.17, 15) is 14.4 Å². The maximum Gasteiger partial charge on any atom is 0.305 e. The van der Waals surface area contributed by atoms with Gasteiger partial charge in [0.1, 0.15) is 11.9 Å². The predicted octanol–water partition coefficient (Wildman–Crippen LogP) is 5.84. The van der Waals surface area contributed by atoms with E-state index in [4.69, 9.17) is 9.47 Å². The predicted molar refractivity (Wildman–Crippen MR) is 131 cm³/mol. The topological polar surface area (TPSA) is 69.7 Å². The highest BCUT2D eigenvalue weighted by molar-refractivity contribution is 5.86. The zero-order valence-electron chi connectivity index (χ0n) is 22.2. The van der Waals surface area contributed by atoms with Crippen LogP contribution in [-0.2, 0) is 23.9 Å². The zero-order chi connectivity index (χ0) is 24.8. The highest BCUT2D eigenvalue weighted by Crippen LogP contribution is 2.66. The molecule has 5 heteroatoms. The summed E-state index contributed by atoms with van der Waals surface area (Å²) in [7, 11) is 1.47. The van der Waals surface area contributed by atoms with Gasteiger partial charge in [0, 0.05) is 25.2 Å². The van der Waals surface area contributed by atoms with Gasteiger partial charge >= 0.3 is 11.9 Å². The fourth-order valence-electron chi connectivity index (χ4n) is 9.45. The fraction of sp³-hybridized carbons (Fsp3) is 0.897. The van der Waals surface area contributed by atoms with Crippen LogP contribution in [0, 0.1) is 58.7 Å². The van der Waals surface area contributed by atoms with Crippen molar-refractivity contribution in [3.8, 4) is 0 Å². The first-order valence-electron chi connectivity index (χ1n) is 13.9. The average Bonchev–Trinajstić information content (AvgIpc) is 3.24. The van der Waals surface area contributed by atoms with Gasteiger partial charge < -0.3 is 9.47 Å². The van der Waals surface area contributed by atoms with Gasteiger partial charge in [0.05, 0.1) is 7.11 Å². The van der Waals surface area contributed by atoms with Crippen LogP contribution >= 0.6 is 0 Å². The Morgan fingerprint density at radius 1 is 1.15 bits per heavy atom. The van der Waals surface area contributed by atoms with E-state index < -0.39 is 0 Å². The van der Waals surface area contributed by atoms with E-state index in [2.05, 4.69) is 27.7 Å². The van der Waals surface area contributed by atoms with Gasteiger partial charge in [-0.05, 0) is 98.2 Å². The molecule has 0 bridgehead atoms. The van der Waals surface area contributed by atoms with Crippen LogP contribution in [-0.4, -0.2) is 30.9 Å². The Hall–Kier alpha value is -1.39. The smallest absolute Gasteiger partial charge is 0.305 e. The number of rotatable bonds is 6. The van der Waals surface area contributed by atoms with Crippen molar-refractivity contribution in [3.05, 3.63) is 0 Å². The lowest BCUT2D eigenvalue weighted by molar-refractivity contribution is -0.176. The van der Waals surface area contributed by atoms with Gasteiger partial charge in [-0.1, -0.05) is 27.7 Å². The summed E-state index contributed by atoms with van der Waals surface area (Å²) in [5.74, 6) is 4.03. The Morgan fingerprint density at radius 2 is 1.88 bits per heavy atom. The van der Waals surface area contributed by atoms with Gasteiger partial charge in [-0.15, -0.1) is 0 Å². The second kappa shape index (κ2) is 9.93. The number of hydrogen-bond donors (Lipinski definition) is 0. The summed E-state index contributed by atoms with van der Waals surface area (Å²) >= 11 is 0. The summed E-state index contributed by atoms with van der Waals surface area (Å²) < 4.78 is 10.5. The molecule has 4 aliphatic carbocycles. The molecule has 0 aliphatic heterocycles. The Balaban J connectivity index is 1.57. The first kappa shape index (κ1) is 25.7. The molecule has 0 aromatic rings. The largest absolute Gasteiger partial charge is 0.469 e. The molecule has 4 rings (SSSR count). The third-order valence-electron chi connectivity index (χ3n) is 10.9. The van der Waals surface area contributed by atoms with Crippen LogP contribution in [0.1, 0.15) is 92.4 Å². The molecule has 0 spiro atoms. The molecule has 4 saturated carbocycles. The molecule has 4 fully saturated rings. The van der Waals surface area contributed by atoms with Crippen molar-refractivity contribution in [1.29, 1.82) is 0 Å². The number of esters is 2. The minimum Gasteiger partial charge on any atom is -0.469 e. The van der Waals surface area contributed by atoms with Gasteiger partial charge in [0.25, 0.3) is 0 Å². The molecule has 11 atom stereocenters. The number of hydrogen-bond acceptors (Lipinski definition) is 5. The van der Waals surface area contributed by atoms with Crippen LogP contribution in [0.5, 0.6) is 0 Å². The van der Waals surface area contributed by atoms with Crippen molar-refractivity contribution in [2.24, 2.45) is 58.7 Å². The van der Waals surface area contributed by atoms with Crippen molar-refractivity contribution in [3.63, 3.8) is 0 Å². The van der Waals surface area contributed by atoms with Crippen LogP contribution < -0.4 is 0 Å². The quantitative estimate of drug-likeness (QED) is 0.453. The maximum absolute atomic E-state index is 14.1. The van der Waals surface area contributed by atoms with Crippen LogP contribution in [0.25, 0.3) is 0 Å². The number of methoxy groups -OCH3 is 1. The van der Waals surface area contributed by atoms with Crippen LogP contribution in [0.15, 0.2) is 0 Å². The van der Waals surface area contributed by atoms with Crippen molar-refractivity contribution in [2.45, 2.75) is 98.5 Å². The molecule has 0 radical (unpaired) electrons. The lowest BCUT2D eigenvalue weighted by atomic mass is 9.42. The molecule has 5 nitrogen and oxygen atoms in total. The third kappa shape index (κ3) is 4.34. The molecule has 34 heavy (non-hydrogen) atoms. The molecular weight excluding hydrogens is 428 g/mol. The number of carbonyl (C=O) groups excluding carboxylic acids is 3. The van der Waals surface area contributed by atoms with Crippen molar-refractivity contribution in [2.75, 3.05) is 7.11 Å². The van der Waals surface area contributed by atoms with Gasteiger partial charge in [-0.25, -0.2) is 0 Å². The number of ketones is 1. The van der Waals surface area contributed by atoms with Gasteiger partial charge in [0.15, 0.2) is 0 Å². The van der Waals surface area contributed by atoms with Crippen molar-refractivity contribution in [1.82, 2.24) is 0 Å². The second-order valence-electron chi connectivity index (χ2n) is 12.5. The highest BCUT2D eigenvalue weighted by atomic mass is 16.5. The van der Waals surface area contributed by atoms with E-state index in [0.29, 0.717) is 53.6 Å². The molecule has 0 heterocycles. The summed E-state index contributed by atoms with van der Waals surface area (Å²) in [5.41, 5.74) is 0.156. The Bertz CT molecular complexity index is 791. The monoisotopic (exact) mass is 474 g/mol. The lowest BCUT2D eigenvalue weighted by Gasteiger charge is -2.61. The van der Waals surface area contributed by atoms with E-state index in [1.807, 2.05) is 0 Å². The number of Topliss-reactive ketones (excluding diaryl/α,β-unsaturated/α-hetero) is 1. The lowest BCUT2D eigenvalue weighted by Crippen LogP contribution is -2.60. The average molecular weight is 475 g/mol. The first-order chi connectivity index (χ1) is 16.1. The normalized spacial score (nSPS) is 44.4. The Kier molecular flexibility index (Phi) is 7.51. The zero-order valence-corrected chi connectivity index (χ0v) is 22.2. The summed E-state index contributed by atoms with van der Waals surface area (Å²) in [6, 6.07) is 0. The third-order valence-corrected chi connectivity index (χ3v) is 10.9. The van der Waals surface area contributed by atoms with E-state index >= 15 is 0 Å². The van der Waals surface area contributed by atoms with Gasteiger partial charge in [-0.3, -0.25) is 14.4 Å². The standard InChI is InChI=1S/C29H46O5/c1-7-20-23-15-19(34-18(4)30)12-13-29(23,5)24-14-17(3)26-21(16(2)8-11-25(31)33-6)9-10-22(26)27(24)28(20)32/h16-17,19-24,26-27H,7-15H2,1-6H3/t16-,17-,19-,20-,21-,22?,23+,24?,26?,27?,29+/m1/s1. The molecule has 4 unspecified atom stereocenters.